The summed E-state index contributed by atoms with van der Waals surface area (Å²) >= 11 is 0. The first-order valence-corrected chi connectivity index (χ1v) is 10.8. The van der Waals surface area contributed by atoms with Gasteiger partial charge in [-0.2, -0.15) is 17.5 Å². The lowest BCUT2D eigenvalue weighted by Gasteiger charge is -2.23. The molecule has 2 rings (SSSR count). The summed E-state index contributed by atoms with van der Waals surface area (Å²) in [5.74, 6) is -0.256. The van der Waals surface area contributed by atoms with Crippen molar-refractivity contribution in [3.05, 3.63) is 29.3 Å². The Morgan fingerprint density at radius 2 is 1.74 bits per heavy atom. The van der Waals surface area contributed by atoms with Crippen molar-refractivity contribution in [2.45, 2.75) is 75.9 Å². The predicted octanol–water partition coefficient (Wildman–Crippen LogP) is 5.09. The number of Topliss-reactive ketones (excluding diaryl/α,β-unsaturated/α-hetero) is 1. The van der Waals surface area contributed by atoms with E-state index >= 15 is 0 Å². The van der Waals surface area contributed by atoms with Gasteiger partial charge in [0, 0.05) is 13.0 Å². The molecule has 1 atom stereocenters. The smallest absolute Gasteiger partial charge is 0.300 e. The molecule has 152 valence electrons. The van der Waals surface area contributed by atoms with Crippen LogP contribution in [0.5, 0.6) is 0 Å². The van der Waals surface area contributed by atoms with Gasteiger partial charge in [-0.05, 0) is 37.1 Å². The first-order valence-electron chi connectivity index (χ1n) is 9.31. The number of fused-ring (bicyclic) bond motifs is 1. The molecule has 27 heavy (non-hydrogen) atoms. The van der Waals surface area contributed by atoms with Crippen molar-refractivity contribution in [1.29, 1.82) is 0 Å². The molecule has 0 spiro atoms. The number of hydrogen-bond acceptors (Lipinski definition) is 3. The highest BCUT2D eigenvalue weighted by Gasteiger charge is 2.44. The number of ketones is 1. The standard InChI is InChI=1S/C19H26F3NO3S/c1-3-4-5-6-7-8-11-23-17(12-14(2)24)16-13-15(19(20,21)22)9-10-18(16)27(23,25)26/h9-10,13,17H,3-8,11-12H2,1-2H3/t17-/m0/s1. The van der Waals surface area contributed by atoms with Gasteiger partial charge in [-0.15, -0.1) is 0 Å². The molecule has 0 bridgehead atoms. The average molecular weight is 405 g/mol. The van der Waals surface area contributed by atoms with E-state index in [0.717, 1.165) is 50.3 Å². The molecule has 0 aliphatic carbocycles. The number of unbranched alkanes of at least 4 members (excludes halogenated alkanes) is 5. The van der Waals surface area contributed by atoms with Gasteiger partial charge in [0.25, 0.3) is 0 Å². The Kier molecular flexibility index (Phi) is 7.08. The third-order valence-electron chi connectivity index (χ3n) is 4.84. The van der Waals surface area contributed by atoms with Crippen LogP contribution < -0.4 is 0 Å². The maximum atomic E-state index is 13.1. The van der Waals surface area contributed by atoms with Gasteiger partial charge >= 0.3 is 6.18 Å². The second kappa shape index (κ2) is 8.73. The summed E-state index contributed by atoms with van der Waals surface area (Å²) in [7, 11) is -3.89. The van der Waals surface area contributed by atoms with Gasteiger partial charge in [0.2, 0.25) is 10.0 Å². The lowest BCUT2D eigenvalue weighted by Crippen LogP contribution is -2.30. The van der Waals surface area contributed by atoms with Crippen LogP contribution in [0.25, 0.3) is 0 Å². The number of carbonyl (C=O) groups is 1. The second-order valence-corrected chi connectivity index (χ2v) is 8.91. The van der Waals surface area contributed by atoms with E-state index in [1.165, 1.54) is 11.2 Å². The minimum Gasteiger partial charge on any atom is -0.300 e. The van der Waals surface area contributed by atoms with Crippen LogP contribution in [-0.4, -0.2) is 25.1 Å². The molecule has 0 fully saturated rings. The van der Waals surface area contributed by atoms with Gasteiger partial charge in [-0.25, -0.2) is 8.42 Å². The van der Waals surface area contributed by atoms with E-state index < -0.39 is 27.8 Å². The zero-order valence-corrected chi connectivity index (χ0v) is 16.5. The molecular formula is C19H26F3NO3S. The highest BCUT2D eigenvalue weighted by molar-refractivity contribution is 7.89. The van der Waals surface area contributed by atoms with E-state index in [9.17, 15) is 26.4 Å². The number of nitrogens with zero attached hydrogens (tertiary/aromatic N) is 1. The predicted molar refractivity (Wildman–Crippen MR) is 96.8 cm³/mol. The molecule has 0 aromatic heterocycles. The second-order valence-electron chi connectivity index (χ2n) is 7.06. The first-order chi connectivity index (χ1) is 12.6. The molecule has 0 radical (unpaired) electrons. The summed E-state index contributed by atoms with van der Waals surface area (Å²) in [5, 5.41) is 0. The highest BCUT2D eigenvalue weighted by atomic mass is 32.2. The van der Waals surface area contributed by atoms with Crippen LogP contribution in [0.3, 0.4) is 0 Å². The minimum atomic E-state index is -4.56. The Hall–Kier alpha value is -1.41. The van der Waals surface area contributed by atoms with Crippen LogP contribution in [-0.2, 0) is 21.0 Å². The monoisotopic (exact) mass is 405 g/mol. The average Bonchev–Trinajstić information content (AvgIpc) is 2.77. The summed E-state index contributed by atoms with van der Waals surface area (Å²) in [6, 6.07) is 1.82. The fraction of sp³-hybridized carbons (Fsp3) is 0.632. The largest absolute Gasteiger partial charge is 0.416 e. The summed E-state index contributed by atoms with van der Waals surface area (Å²) in [5.41, 5.74) is -0.822. The zero-order chi connectivity index (χ0) is 20.2. The van der Waals surface area contributed by atoms with Crippen LogP contribution in [0.1, 0.15) is 76.0 Å². The van der Waals surface area contributed by atoms with Crippen molar-refractivity contribution >= 4 is 15.8 Å². The van der Waals surface area contributed by atoms with Gasteiger partial charge in [0.1, 0.15) is 5.78 Å². The van der Waals surface area contributed by atoms with Gasteiger partial charge in [0.05, 0.1) is 16.5 Å². The maximum absolute atomic E-state index is 13.1. The molecule has 0 N–H and O–H groups in total. The molecule has 0 amide bonds. The molecular weight excluding hydrogens is 379 g/mol. The third-order valence-corrected chi connectivity index (χ3v) is 6.83. The van der Waals surface area contributed by atoms with E-state index in [2.05, 4.69) is 6.92 Å². The van der Waals surface area contributed by atoms with Gasteiger partial charge < -0.3 is 0 Å². The molecule has 1 aliphatic rings. The summed E-state index contributed by atoms with van der Waals surface area (Å²) in [6.45, 7) is 3.64. The number of hydrogen-bond donors (Lipinski definition) is 0. The van der Waals surface area contributed by atoms with E-state index in [-0.39, 0.29) is 29.2 Å². The molecule has 0 saturated heterocycles. The third kappa shape index (κ3) is 5.10. The van der Waals surface area contributed by atoms with E-state index in [0.29, 0.717) is 6.42 Å². The number of carbonyl (C=O) groups excluding carboxylic acids is 1. The maximum Gasteiger partial charge on any atom is 0.416 e. The lowest BCUT2D eigenvalue weighted by molar-refractivity contribution is -0.137. The number of alkyl halides is 3. The van der Waals surface area contributed by atoms with Crippen LogP contribution in [0.2, 0.25) is 0 Å². The normalized spacial score (nSPS) is 19.2. The lowest BCUT2D eigenvalue weighted by atomic mass is 9.99. The van der Waals surface area contributed by atoms with Crippen molar-refractivity contribution in [3.63, 3.8) is 0 Å². The molecule has 8 heteroatoms. The van der Waals surface area contributed by atoms with Crippen LogP contribution in [0.15, 0.2) is 23.1 Å². The topological polar surface area (TPSA) is 54.5 Å². The van der Waals surface area contributed by atoms with Crippen LogP contribution in [0.4, 0.5) is 13.2 Å². The SMILES string of the molecule is CCCCCCCCN1[C@@H](CC(C)=O)c2cc(C(F)(F)F)ccc2S1(=O)=O. The quantitative estimate of drug-likeness (QED) is 0.538. The van der Waals surface area contributed by atoms with E-state index in [1.807, 2.05) is 0 Å². The van der Waals surface area contributed by atoms with Crippen LogP contribution >= 0.6 is 0 Å². The number of sulfonamides is 1. The molecule has 1 heterocycles. The molecule has 4 nitrogen and oxygen atoms in total. The van der Waals surface area contributed by atoms with Crippen molar-refractivity contribution in [3.8, 4) is 0 Å². The van der Waals surface area contributed by atoms with Gasteiger partial charge in [0.15, 0.2) is 0 Å². The van der Waals surface area contributed by atoms with Crippen molar-refractivity contribution in [2.75, 3.05) is 6.54 Å². The number of rotatable bonds is 9. The summed E-state index contributed by atoms with van der Waals surface area (Å²) < 4.78 is 66.0. The summed E-state index contributed by atoms with van der Waals surface area (Å²) in [4.78, 5) is 11.5. The van der Waals surface area contributed by atoms with Crippen molar-refractivity contribution in [2.24, 2.45) is 0 Å². The molecule has 1 aromatic carbocycles. The van der Waals surface area contributed by atoms with E-state index in [4.69, 9.17) is 0 Å². The van der Waals surface area contributed by atoms with E-state index in [1.54, 1.807) is 0 Å². The van der Waals surface area contributed by atoms with Gasteiger partial charge in [-0.3, -0.25) is 4.79 Å². The molecule has 1 aromatic rings. The summed E-state index contributed by atoms with van der Waals surface area (Å²) in [6.07, 6.45) is 1.09. The minimum absolute atomic E-state index is 0.0750. The first kappa shape index (κ1) is 21.9. The number of halogens is 3. The zero-order valence-electron chi connectivity index (χ0n) is 15.7. The Morgan fingerprint density at radius 3 is 2.33 bits per heavy atom. The highest BCUT2D eigenvalue weighted by Crippen LogP contribution is 2.44. The Bertz CT molecular complexity index is 775. The Balaban J connectivity index is 2.26. The Morgan fingerprint density at radius 1 is 1.11 bits per heavy atom. The molecule has 0 saturated carbocycles. The van der Waals surface area contributed by atoms with Crippen molar-refractivity contribution < 1.29 is 26.4 Å². The van der Waals surface area contributed by atoms with Crippen LogP contribution in [0, 0.1) is 0 Å². The molecule has 0 unspecified atom stereocenters. The fourth-order valence-corrected chi connectivity index (χ4v) is 5.36. The molecule has 1 aliphatic heterocycles. The number of benzene rings is 1. The van der Waals surface area contributed by atoms with Crippen molar-refractivity contribution in [1.82, 2.24) is 4.31 Å². The Labute approximate surface area is 158 Å². The fourth-order valence-electron chi connectivity index (χ4n) is 3.48. The van der Waals surface area contributed by atoms with Gasteiger partial charge in [-0.1, -0.05) is 39.0 Å².